The van der Waals surface area contributed by atoms with Gasteiger partial charge < -0.3 is 10.3 Å². The van der Waals surface area contributed by atoms with E-state index in [9.17, 15) is 10.1 Å². The Morgan fingerprint density at radius 3 is 2.79 bits per heavy atom. The molecule has 0 radical (unpaired) electrons. The molecule has 1 fully saturated rings. The number of nitro groups is 1. The Morgan fingerprint density at radius 2 is 2.21 bits per heavy atom. The Hall–Kier alpha value is -2.44. The number of nitrogen functional groups attached to an aromatic ring is 1. The van der Waals surface area contributed by atoms with Gasteiger partial charge in [0.2, 0.25) is 0 Å². The van der Waals surface area contributed by atoms with Gasteiger partial charge in [-0.2, -0.15) is 4.98 Å². The molecule has 1 saturated carbocycles. The van der Waals surface area contributed by atoms with Crippen LogP contribution in [0.3, 0.4) is 0 Å². The number of benzene rings is 1. The number of rotatable bonds is 3. The molecule has 7 nitrogen and oxygen atoms in total. The first-order chi connectivity index (χ1) is 9.15. The second kappa shape index (κ2) is 4.34. The molecule has 19 heavy (non-hydrogen) atoms. The first kappa shape index (κ1) is 11.6. The molecule has 1 aliphatic carbocycles. The molecule has 2 N–H and O–H groups in total. The van der Waals surface area contributed by atoms with E-state index < -0.39 is 4.92 Å². The number of hydrogen-bond acceptors (Lipinski definition) is 6. The lowest BCUT2D eigenvalue weighted by Gasteiger charge is -2.20. The summed E-state index contributed by atoms with van der Waals surface area (Å²) >= 11 is 0. The minimum Gasteiger partial charge on any atom is -0.398 e. The summed E-state index contributed by atoms with van der Waals surface area (Å²) in [5, 5.41) is 14.6. The van der Waals surface area contributed by atoms with Crippen molar-refractivity contribution in [3.63, 3.8) is 0 Å². The van der Waals surface area contributed by atoms with Gasteiger partial charge in [0.15, 0.2) is 5.82 Å². The SMILES string of the molecule is Nc1cc([N+](=O)[O-])ccc1-c1nc(C2CCC2)no1. The van der Waals surface area contributed by atoms with E-state index in [4.69, 9.17) is 10.3 Å². The third-order valence-electron chi connectivity index (χ3n) is 3.39. The zero-order chi connectivity index (χ0) is 13.4. The van der Waals surface area contributed by atoms with Crippen LogP contribution in [-0.2, 0) is 0 Å². The predicted octanol–water partition coefficient (Wildman–Crippen LogP) is 2.49. The first-order valence-electron chi connectivity index (χ1n) is 6.03. The molecule has 7 heteroatoms. The normalized spacial score (nSPS) is 15.2. The van der Waals surface area contributed by atoms with E-state index in [0.29, 0.717) is 23.2 Å². The van der Waals surface area contributed by atoms with Crippen LogP contribution in [-0.4, -0.2) is 15.1 Å². The van der Waals surface area contributed by atoms with Crippen molar-refractivity contribution in [3.05, 3.63) is 34.1 Å². The lowest BCUT2D eigenvalue weighted by molar-refractivity contribution is -0.384. The number of aromatic nitrogens is 2. The summed E-state index contributed by atoms with van der Waals surface area (Å²) in [5.41, 5.74) is 6.53. The maximum absolute atomic E-state index is 10.6. The van der Waals surface area contributed by atoms with Crippen molar-refractivity contribution in [2.24, 2.45) is 0 Å². The van der Waals surface area contributed by atoms with E-state index in [-0.39, 0.29) is 11.4 Å². The van der Waals surface area contributed by atoms with Crippen LogP contribution < -0.4 is 5.73 Å². The standard InChI is InChI=1S/C12H12N4O3/c13-10-6-8(16(17)18)4-5-9(10)12-14-11(15-19-12)7-2-1-3-7/h4-7H,1-3,13H2. The van der Waals surface area contributed by atoms with Gasteiger partial charge in [-0.3, -0.25) is 10.1 Å². The Morgan fingerprint density at radius 1 is 1.42 bits per heavy atom. The van der Waals surface area contributed by atoms with Crippen LogP contribution >= 0.6 is 0 Å². The van der Waals surface area contributed by atoms with Crippen LogP contribution in [0.25, 0.3) is 11.5 Å². The van der Waals surface area contributed by atoms with Crippen LogP contribution in [0.5, 0.6) is 0 Å². The van der Waals surface area contributed by atoms with Crippen LogP contribution in [0.4, 0.5) is 11.4 Å². The van der Waals surface area contributed by atoms with Crippen molar-refractivity contribution in [2.45, 2.75) is 25.2 Å². The summed E-state index contributed by atoms with van der Waals surface area (Å²) in [6.45, 7) is 0. The molecule has 1 aromatic carbocycles. The summed E-state index contributed by atoms with van der Waals surface area (Å²) in [4.78, 5) is 14.5. The molecule has 1 aromatic heterocycles. The van der Waals surface area contributed by atoms with Crippen LogP contribution in [0.1, 0.15) is 31.0 Å². The van der Waals surface area contributed by atoms with Crippen LogP contribution in [0, 0.1) is 10.1 Å². The van der Waals surface area contributed by atoms with Crippen molar-refractivity contribution >= 4 is 11.4 Å². The molecule has 1 heterocycles. The molecule has 2 aromatic rings. The molecule has 0 atom stereocenters. The van der Waals surface area contributed by atoms with Gasteiger partial charge in [0.1, 0.15) is 0 Å². The molecule has 0 amide bonds. The van der Waals surface area contributed by atoms with Crippen molar-refractivity contribution in [2.75, 3.05) is 5.73 Å². The summed E-state index contributed by atoms with van der Waals surface area (Å²) < 4.78 is 5.18. The highest BCUT2D eigenvalue weighted by molar-refractivity contribution is 5.72. The Bertz CT molecular complexity index is 634. The minimum absolute atomic E-state index is 0.0556. The number of nitro benzene ring substituents is 1. The average molecular weight is 260 g/mol. The third-order valence-corrected chi connectivity index (χ3v) is 3.39. The van der Waals surface area contributed by atoms with Crippen LogP contribution in [0.2, 0.25) is 0 Å². The fourth-order valence-electron chi connectivity index (χ4n) is 2.03. The Balaban J connectivity index is 1.93. The van der Waals surface area contributed by atoms with Gasteiger partial charge in [0.05, 0.1) is 16.2 Å². The molecule has 0 spiro atoms. The quantitative estimate of drug-likeness (QED) is 0.516. The van der Waals surface area contributed by atoms with E-state index in [1.54, 1.807) is 0 Å². The van der Waals surface area contributed by atoms with Gasteiger partial charge >= 0.3 is 0 Å². The summed E-state index contributed by atoms with van der Waals surface area (Å²) in [6, 6.07) is 4.20. The second-order valence-corrected chi connectivity index (χ2v) is 4.61. The summed E-state index contributed by atoms with van der Waals surface area (Å²) in [7, 11) is 0. The van der Waals surface area contributed by atoms with Crippen molar-refractivity contribution in [3.8, 4) is 11.5 Å². The van der Waals surface area contributed by atoms with Crippen molar-refractivity contribution < 1.29 is 9.45 Å². The predicted molar refractivity (Wildman–Crippen MR) is 67.4 cm³/mol. The molecule has 0 saturated heterocycles. The molecular weight excluding hydrogens is 248 g/mol. The molecule has 98 valence electrons. The summed E-state index contributed by atoms with van der Waals surface area (Å²) in [6.07, 6.45) is 3.34. The molecule has 0 bridgehead atoms. The lowest BCUT2D eigenvalue weighted by Crippen LogP contribution is -2.10. The van der Waals surface area contributed by atoms with E-state index >= 15 is 0 Å². The monoisotopic (exact) mass is 260 g/mol. The Kier molecular flexibility index (Phi) is 2.66. The first-order valence-corrected chi connectivity index (χ1v) is 6.03. The number of anilines is 1. The summed E-state index contributed by atoms with van der Waals surface area (Å²) in [5.74, 6) is 1.38. The van der Waals surface area contributed by atoms with Gasteiger partial charge in [-0.1, -0.05) is 11.6 Å². The highest BCUT2D eigenvalue weighted by Gasteiger charge is 2.25. The zero-order valence-corrected chi connectivity index (χ0v) is 10.1. The van der Waals surface area contributed by atoms with Gasteiger partial charge in [-0.15, -0.1) is 0 Å². The lowest BCUT2D eigenvalue weighted by atomic mass is 9.85. The maximum atomic E-state index is 10.6. The number of nitrogens with two attached hydrogens (primary N) is 1. The van der Waals surface area contributed by atoms with Gasteiger partial charge in [-0.25, -0.2) is 0 Å². The molecule has 0 aliphatic heterocycles. The molecule has 1 aliphatic rings. The fraction of sp³-hybridized carbons (Fsp3) is 0.333. The van der Waals surface area contributed by atoms with Crippen LogP contribution in [0.15, 0.2) is 22.7 Å². The minimum atomic E-state index is -0.492. The molecular formula is C12H12N4O3. The smallest absolute Gasteiger partial charge is 0.271 e. The van der Waals surface area contributed by atoms with Crippen molar-refractivity contribution in [1.82, 2.24) is 10.1 Å². The zero-order valence-electron chi connectivity index (χ0n) is 10.1. The highest BCUT2D eigenvalue weighted by Crippen LogP contribution is 2.36. The van der Waals surface area contributed by atoms with Gasteiger partial charge in [0, 0.05) is 18.1 Å². The number of non-ortho nitro benzene ring substituents is 1. The van der Waals surface area contributed by atoms with Crippen molar-refractivity contribution in [1.29, 1.82) is 0 Å². The fourth-order valence-corrected chi connectivity index (χ4v) is 2.03. The molecule has 0 unspecified atom stereocenters. The number of nitrogens with zero attached hydrogens (tertiary/aromatic N) is 3. The Labute approximate surface area is 108 Å². The van der Waals surface area contributed by atoms with Gasteiger partial charge in [-0.05, 0) is 18.9 Å². The average Bonchev–Trinajstić information content (AvgIpc) is 2.75. The second-order valence-electron chi connectivity index (χ2n) is 4.61. The number of hydrogen-bond donors (Lipinski definition) is 1. The third kappa shape index (κ3) is 2.03. The van der Waals surface area contributed by atoms with E-state index in [0.717, 1.165) is 12.8 Å². The maximum Gasteiger partial charge on any atom is 0.271 e. The highest BCUT2D eigenvalue weighted by atomic mass is 16.6. The topological polar surface area (TPSA) is 108 Å². The molecule has 3 rings (SSSR count). The van der Waals surface area contributed by atoms with E-state index in [2.05, 4.69) is 10.1 Å². The van der Waals surface area contributed by atoms with E-state index in [1.807, 2.05) is 0 Å². The largest absolute Gasteiger partial charge is 0.398 e. The van der Waals surface area contributed by atoms with Gasteiger partial charge in [0.25, 0.3) is 11.6 Å². The van der Waals surface area contributed by atoms with E-state index in [1.165, 1.54) is 24.6 Å².